The Morgan fingerprint density at radius 2 is 2.21 bits per heavy atom. The number of hydrogen-bond acceptors (Lipinski definition) is 2. The van der Waals surface area contributed by atoms with Crippen molar-refractivity contribution in [2.75, 3.05) is 26.7 Å². The number of halogens is 1. The molecular weight excluding hydrogens is 247 g/mol. The molecule has 1 saturated heterocycles. The van der Waals surface area contributed by atoms with Crippen LogP contribution in [0.25, 0.3) is 0 Å². The van der Waals surface area contributed by atoms with Crippen molar-refractivity contribution in [1.82, 2.24) is 9.80 Å². The zero-order chi connectivity index (χ0) is 13.8. The number of urea groups is 1. The molecule has 2 amide bonds. The van der Waals surface area contributed by atoms with Crippen molar-refractivity contribution in [2.45, 2.75) is 6.54 Å². The molecule has 0 bridgehead atoms. The van der Waals surface area contributed by atoms with Crippen LogP contribution in [-0.4, -0.2) is 47.7 Å². The predicted molar refractivity (Wildman–Crippen MR) is 68.8 cm³/mol. The third kappa shape index (κ3) is 3.04. The van der Waals surface area contributed by atoms with Gasteiger partial charge in [-0.25, -0.2) is 9.18 Å². The first-order valence-corrected chi connectivity index (χ1v) is 6.00. The molecule has 1 aliphatic heterocycles. The molecule has 0 aliphatic carbocycles. The lowest BCUT2D eigenvalue weighted by Crippen LogP contribution is -2.28. The Morgan fingerprint density at radius 1 is 1.42 bits per heavy atom. The van der Waals surface area contributed by atoms with Gasteiger partial charge in [0.2, 0.25) is 0 Å². The highest BCUT2D eigenvalue weighted by atomic mass is 19.1. The third-order valence-electron chi connectivity index (χ3n) is 3.01. The van der Waals surface area contributed by atoms with E-state index in [0.717, 1.165) is 5.56 Å². The standard InChI is InChI=1S/C14H15FN2O2/c1-16-6-7-17(14(16)19)10-11-4-5-13(15)12(9-11)3-2-8-18/h4-5,9,18H,6-8,10H2,1H3. The molecule has 0 atom stereocenters. The minimum atomic E-state index is -0.422. The van der Waals surface area contributed by atoms with E-state index in [4.69, 9.17) is 5.11 Å². The number of carbonyl (C=O) groups excluding carboxylic acids is 1. The molecular formula is C14H15FN2O2. The zero-order valence-corrected chi connectivity index (χ0v) is 10.7. The number of carbonyl (C=O) groups is 1. The molecule has 1 fully saturated rings. The summed E-state index contributed by atoms with van der Waals surface area (Å²) in [5.41, 5.74) is 1.07. The molecule has 1 aromatic carbocycles. The van der Waals surface area contributed by atoms with Crippen LogP contribution in [0.2, 0.25) is 0 Å². The molecule has 0 radical (unpaired) electrons. The van der Waals surface area contributed by atoms with Crippen LogP contribution in [0, 0.1) is 17.7 Å². The van der Waals surface area contributed by atoms with Gasteiger partial charge in [0.25, 0.3) is 0 Å². The van der Waals surface area contributed by atoms with E-state index in [1.165, 1.54) is 6.07 Å². The van der Waals surface area contributed by atoms with Crippen LogP contribution in [0.5, 0.6) is 0 Å². The number of rotatable bonds is 2. The number of nitrogens with zero attached hydrogens (tertiary/aromatic N) is 2. The molecule has 19 heavy (non-hydrogen) atoms. The van der Waals surface area contributed by atoms with Gasteiger partial charge in [-0.3, -0.25) is 0 Å². The average molecular weight is 262 g/mol. The van der Waals surface area contributed by atoms with Gasteiger partial charge < -0.3 is 14.9 Å². The van der Waals surface area contributed by atoms with E-state index in [2.05, 4.69) is 11.8 Å². The molecule has 4 nitrogen and oxygen atoms in total. The van der Waals surface area contributed by atoms with E-state index in [-0.39, 0.29) is 18.2 Å². The Labute approximate surface area is 111 Å². The molecule has 0 saturated carbocycles. The fourth-order valence-electron chi connectivity index (χ4n) is 1.97. The van der Waals surface area contributed by atoms with Crippen LogP contribution in [0.1, 0.15) is 11.1 Å². The maximum atomic E-state index is 13.5. The number of benzene rings is 1. The van der Waals surface area contributed by atoms with Gasteiger partial charge >= 0.3 is 6.03 Å². The Kier molecular flexibility index (Phi) is 4.03. The van der Waals surface area contributed by atoms with Crippen molar-refractivity contribution in [3.63, 3.8) is 0 Å². The first-order valence-electron chi connectivity index (χ1n) is 6.00. The van der Waals surface area contributed by atoms with E-state index in [9.17, 15) is 9.18 Å². The monoisotopic (exact) mass is 262 g/mol. The van der Waals surface area contributed by atoms with Crippen LogP contribution in [0.4, 0.5) is 9.18 Å². The van der Waals surface area contributed by atoms with Crippen molar-refractivity contribution >= 4 is 6.03 Å². The first-order chi connectivity index (χ1) is 9.11. The molecule has 0 unspecified atom stereocenters. The smallest absolute Gasteiger partial charge is 0.320 e. The van der Waals surface area contributed by atoms with E-state index < -0.39 is 5.82 Å². The largest absolute Gasteiger partial charge is 0.384 e. The highest BCUT2D eigenvalue weighted by Crippen LogP contribution is 2.15. The second-order valence-electron chi connectivity index (χ2n) is 4.40. The van der Waals surface area contributed by atoms with E-state index in [1.807, 2.05) is 0 Å². The summed E-state index contributed by atoms with van der Waals surface area (Å²) in [5, 5.41) is 8.63. The van der Waals surface area contributed by atoms with Gasteiger partial charge in [0.15, 0.2) is 0 Å². The van der Waals surface area contributed by atoms with E-state index >= 15 is 0 Å². The molecule has 100 valence electrons. The topological polar surface area (TPSA) is 43.8 Å². The third-order valence-corrected chi connectivity index (χ3v) is 3.01. The molecule has 1 N–H and O–H groups in total. The molecule has 5 heteroatoms. The summed E-state index contributed by atoms with van der Waals surface area (Å²) in [7, 11) is 1.76. The normalized spacial score (nSPS) is 14.6. The summed E-state index contributed by atoms with van der Waals surface area (Å²) in [6.07, 6.45) is 0. The minimum absolute atomic E-state index is 0.0210. The Morgan fingerprint density at radius 3 is 2.84 bits per heavy atom. The van der Waals surface area contributed by atoms with Crippen LogP contribution < -0.4 is 0 Å². The fraction of sp³-hybridized carbons (Fsp3) is 0.357. The summed E-state index contributed by atoms with van der Waals surface area (Å²) in [5.74, 6) is 4.56. The van der Waals surface area contributed by atoms with Gasteiger partial charge in [0.05, 0.1) is 5.56 Å². The van der Waals surface area contributed by atoms with Gasteiger partial charge in [-0.2, -0.15) is 0 Å². The molecule has 1 aliphatic rings. The van der Waals surface area contributed by atoms with Crippen molar-refractivity contribution in [3.8, 4) is 11.8 Å². The van der Waals surface area contributed by atoms with Crippen LogP contribution in [0.3, 0.4) is 0 Å². The first kappa shape index (κ1) is 13.4. The molecule has 0 aromatic heterocycles. The van der Waals surface area contributed by atoms with Gasteiger partial charge in [0, 0.05) is 26.7 Å². The lowest BCUT2D eigenvalue weighted by atomic mass is 10.1. The number of hydrogen-bond donors (Lipinski definition) is 1. The lowest BCUT2D eigenvalue weighted by molar-refractivity contribution is 0.197. The highest BCUT2D eigenvalue weighted by Gasteiger charge is 2.25. The predicted octanol–water partition coefficient (Wildman–Crippen LogP) is 1.04. The number of aliphatic hydroxyl groups excluding tert-OH is 1. The van der Waals surface area contributed by atoms with Crippen LogP contribution >= 0.6 is 0 Å². The number of amides is 2. The van der Waals surface area contributed by atoms with Gasteiger partial charge in [0.1, 0.15) is 12.4 Å². The Bertz CT molecular complexity index is 548. The fourth-order valence-corrected chi connectivity index (χ4v) is 1.97. The zero-order valence-electron chi connectivity index (χ0n) is 10.7. The van der Waals surface area contributed by atoms with E-state index in [1.54, 1.807) is 29.0 Å². The van der Waals surface area contributed by atoms with Gasteiger partial charge in [-0.05, 0) is 17.7 Å². The summed E-state index contributed by atoms with van der Waals surface area (Å²) >= 11 is 0. The number of likely N-dealkylation sites (N-methyl/N-ethyl adjacent to an activating group) is 1. The number of aliphatic hydroxyl groups is 1. The Hall–Kier alpha value is -2.06. The average Bonchev–Trinajstić information content (AvgIpc) is 2.71. The summed E-state index contributed by atoms with van der Waals surface area (Å²) < 4.78 is 13.5. The maximum Gasteiger partial charge on any atom is 0.320 e. The second kappa shape index (κ2) is 5.72. The van der Waals surface area contributed by atoms with Crippen molar-refractivity contribution in [1.29, 1.82) is 0 Å². The quantitative estimate of drug-likeness (QED) is 0.809. The lowest BCUT2D eigenvalue weighted by Gasteiger charge is -2.16. The van der Waals surface area contributed by atoms with Crippen molar-refractivity contribution in [3.05, 3.63) is 35.1 Å². The molecule has 0 spiro atoms. The van der Waals surface area contributed by atoms with Crippen molar-refractivity contribution in [2.24, 2.45) is 0 Å². The Balaban J connectivity index is 2.15. The van der Waals surface area contributed by atoms with Gasteiger partial charge in [-0.1, -0.05) is 17.9 Å². The molecule has 1 heterocycles. The summed E-state index contributed by atoms with van der Waals surface area (Å²) in [4.78, 5) is 15.1. The van der Waals surface area contributed by atoms with Gasteiger partial charge in [-0.15, -0.1) is 0 Å². The molecule has 2 rings (SSSR count). The highest BCUT2D eigenvalue weighted by molar-refractivity contribution is 5.76. The summed E-state index contributed by atoms with van der Waals surface area (Å²) in [6.45, 7) is 1.51. The van der Waals surface area contributed by atoms with Crippen LogP contribution in [-0.2, 0) is 6.54 Å². The minimum Gasteiger partial charge on any atom is -0.384 e. The maximum absolute atomic E-state index is 13.5. The van der Waals surface area contributed by atoms with E-state index in [0.29, 0.717) is 19.6 Å². The van der Waals surface area contributed by atoms with Crippen LogP contribution in [0.15, 0.2) is 18.2 Å². The SMILES string of the molecule is CN1CCN(Cc2ccc(F)c(C#CCO)c2)C1=O. The summed E-state index contributed by atoms with van der Waals surface area (Å²) in [6, 6.07) is 4.57. The van der Waals surface area contributed by atoms with Crippen molar-refractivity contribution < 1.29 is 14.3 Å². The molecule has 1 aromatic rings. The second-order valence-corrected chi connectivity index (χ2v) is 4.40.